The van der Waals surface area contributed by atoms with Gasteiger partial charge in [0.2, 0.25) is 0 Å². The summed E-state index contributed by atoms with van der Waals surface area (Å²) in [5, 5.41) is 10.3. The minimum atomic E-state index is -0.510. The predicted molar refractivity (Wildman–Crippen MR) is 81.5 cm³/mol. The maximum absolute atomic E-state index is 10.3. The van der Waals surface area contributed by atoms with E-state index in [-0.39, 0.29) is 5.60 Å². The highest BCUT2D eigenvalue weighted by Gasteiger charge is 2.32. The first-order valence-electron chi connectivity index (χ1n) is 7.21. The number of hydrogen-bond acceptors (Lipinski definition) is 3. The first-order chi connectivity index (χ1) is 10.0. The molecule has 1 heterocycles. The Bertz CT molecular complexity index is 620. The molecular formula is C18H20O3. The number of hydrogen-bond donors (Lipinski definition) is 1. The van der Waals surface area contributed by atoms with E-state index in [0.717, 1.165) is 22.6 Å². The number of aliphatic hydroxyl groups excluding tert-OH is 1. The van der Waals surface area contributed by atoms with Crippen LogP contribution >= 0.6 is 0 Å². The SMILES string of the molecule is CC1(C)CC(O)c2cc(OCc3ccccc3)ccc2O1. The molecule has 0 aromatic heterocycles. The van der Waals surface area contributed by atoms with E-state index < -0.39 is 6.10 Å². The van der Waals surface area contributed by atoms with Crippen molar-refractivity contribution in [2.75, 3.05) is 0 Å². The van der Waals surface area contributed by atoms with Crippen LogP contribution in [0.1, 0.15) is 37.5 Å². The van der Waals surface area contributed by atoms with Crippen LogP contribution in [0.2, 0.25) is 0 Å². The van der Waals surface area contributed by atoms with Crippen molar-refractivity contribution in [1.82, 2.24) is 0 Å². The van der Waals surface area contributed by atoms with E-state index in [1.54, 1.807) is 0 Å². The van der Waals surface area contributed by atoms with E-state index in [0.29, 0.717) is 13.0 Å². The molecule has 2 aromatic rings. The number of rotatable bonds is 3. The Morgan fingerprint density at radius 3 is 2.71 bits per heavy atom. The molecule has 1 aliphatic heterocycles. The lowest BCUT2D eigenvalue weighted by Crippen LogP contribution is -2.34. The van der Waals surface area contributed by atoms with Gasteiger partial charge < -0.3 is 14.6 Å². The molecule has 1 N–H and O–H groups in total. The van der Waals surface area contributed by atoms with Gasteiger partial charge in [0.05, 0.1) is 6.10 Å². The molecule has 1 atom stereocenters. The molecule has 0 saturated heterocycles. The van der Waals surface area contributed by atoms with Crippen molar-refractivity contribution in [3.05, 3.63) is 59.7 Å². The monoisotopic (exact) mass is 284 g/mol. The topological polar surface area (TPSA) is 38.7 Å². The molecule has 110 valence electrons. The summed E-state index contributed by atoms with van der Waals surface area (Å²) in [6.07, 6.45) is 0.0753. The van der Waals surface area contributed by atoms with Crippen LogP contribution < -0.4 is 9.47 Å². The van der Waals surface area contributed by atoms with Gasteiger partial charge in [-0.1, -0.05) is 30.3 Å². The summed E-state index contributed by atoms with van der Waals surface area (Å²) >= 11 is 0. The van der Waals surface area contributed by atoms with Gasteiger partial charge >= 0.3 is 0 Å². The lowest BCUT2D eigenvalue weighted by molar-refractivity contribution is 0.0113. The summed E-state index contributed by atoms with van der Waals surface area (Å²) in [5.74, 6) is 1.49. The van der Waals surface area contributed by atoms with Crippen LogP contribution in [0, 0.1) is 0 Å². The van der Waals surface area contributed by atoms with Gasteiger partial charge in [-0.2, -0.15) is 0 Å². The van der Waals surface area contributed by atoms with E-state index in [9.17, 15) is 5.11 Å². The average Bonchev–Trinajstić information content (AvgIpc) is 2.45. The fourth-order valence-corrected chi connectivity index (χ4v) is 2.63. The molecule has 0 aliphatic carbocycles. The zero-order valence-electron chi connectivity index (χ0n) is 12.4. The highest BCUT2D eigenvalue weighted by Crippen LogP contribution is 2.40. The van der Waals surface area contributed by atoms with Crippen molar-refractivity contribution >= 4 is 0 Å². The minimum Gasteiger partial charge on any atom is -0.489 e. The van der Waals surface area contributed by atoms with E-state index >= 15 is 0 Å². The summed E-state index contributed by atoms with van der Waals surface area (Å²) in [7, 11) is 0. The fourth-order valence-electron chi connectivity index (χ4n) is 2.63. The van der Waals surface area contributed by atoms with Crippen molar-refractivity contribution in [2.24, 2.45) is 0 Å². The van der Waals surface area contributed by atoms with Crippen LogP contribution in [-0.2, 0) is 6.61 Å². The van der Waals surface area contributed by atoms with Crippen molar-refractivity contribution < 1.29 is 14.6 Å². The van der Waals surface area contributed by atoms with Crippen LogP contribution in [0.15, 0.2) is 48.5 Å². The van der Waals surface area contributed by atoms with E-state index in [1.807, 2.05) is 62.4 Å². The second-order valence-corrected chi connectivity index (χ2v) is 6.06. The summed E-state index contributed by atoms with van der Waals surface area (Å²) < 4.78 is 11.7. The standard InChI is InChI=1S/C18H20O3/c1-18(2)11-16(19)15-10-14(8-9-17(15)21-18)20-12-13-6-4-3-5-7-13/h3-10,16,19H,11-12H2,1-2H3. The average molecular weight is 284 g/mol. The van der Waals surface area contributed by atoms with Crippen molar-refractivity contribution in [3.8, 4) is 11.5 Å². The van der Waals surface area contributed by atoms with Crippen LogP contribution in [0.4, 0.5) is 0 Å². The van der Waals surface area contributed by atoms with Crippen molar-refractivity contribution in [2.45, 2.75) is 38.6 Å². The first kappa shape index (κ1) is 14.0. The molecule has 1 unspecified atom stereocenters. The smallest absolute Gasteiger partial charge is 0.126 e. The van der Waals surface area contributed by atoms with Gasteiger partial charge in [-0.05, 0) is 37.6 Å². The predicted octanol–water partition coefficient (Wildman–Crippen LogP) is 3.86. The molecule has 0 radical (unpaired) electrons. The normalized spacial score (nSPS) is 19.5. The third-order valence-electron chi connectivity index (χ3n) is 3.66. The summed E-state index contributed by atoms with van der Waals surface area (Å²) in [6.45, 7) is 4.49. The third-order valence-corrected chi connectivity index (χ3v) is 3.66. The van der Waals surface area contributed by atoms with Crippen molar-refractivity contribution in [1.29, 1.82) is 0 Å². The molecule has 0 spiro atoms. The summed E-state index contributed by atoms with van der Waals surface area (Å²) in [4.78, 5) is 0. The quantitative estimate of drug-likeness (QED) is 0.930. The number of aliphatic hydroxyl groups is 1. The Labute approximate surface area is 125 Å². The lowest BCUT2D eigenvalue weighted by atomic mass is 9.92. The Balaban J connectivity index is 1.76. The fraction of sp³-hybridized carbons (Fsp3) is 0.333. The molecule has 1 aliphatic rings. The maximum Gasteiger partial charge on any atom is 0.126 e. The van der Waals surface area contributed by atoms with E-state index in [1.165, 1.54) is 0 Å². The highest BCUT2D eigenvalue weighted by atomic mass is 16.5. The summed E-state index contributed by atoms with van der Waals surface area (Å²) in [6, 6.07) is 15.7. The molecule has 0 bridgehead atoms. The molecule has 3 rings (SSSR count). The Morgan fingerprint density at radius 2 is 1.95 bits per heavy atom. The van der Waals surface area contributed by atoms with Crippen LogP contribution in [0.5, 0.6) is 11.5 Å². The van der Waals surface area contributed by atoms with Crippen molar-refractivity contribution in [3.63, 3.8) is 0 Å². The Morgan fingerprint density at radius 1 is 1.19 bits per heavy atom. The zero-order chi connectivity index (χ0) is 14.9. The molecule has 0 saturated carbocycles. The van der Waals surface area contributed by atoms with Crippen LogP contribution in [-0.4, -0.2) is 10.7 Å². The largest absolute Gasteiger partial charge is 0.489 e. The Hall–Kier alpha value is -2.00. The van der Waals surface area contributed by atoms with E-state index in [4.69, 9.17) is 9.47 Å². The molecule has 2 aromatic carbocycles. The highest BCUT2D eigenvalue weighted by molar-refractivity contribution is 5.43. The Kier molecular flexibility index (Phi) is 3.60. The second-order valence-electron chi connectivity index (χ2n) is 6.06. The van der Waals surface area contributed by atoms with E-state index in [2.05, 4.69) is 0 Å². The molecule has 0 amide bonds. The van der Waals surface area contributed by atoms with Gasteiger partial charge in [-0.25, -0.2) is 0 Å². The van der Waals surface area contributed by atoms with Gasteiger partial charge in [0, 0.05) is 12.0 Å². The van der Waals surface area contributed by atoms with Gasteiger partial charge in [0.1, 0.15) is 23.7 Å². The van der Waals surface area contributed by atoms with Gasteiger partial charge in [0.15, 0.2) is 0 Å². The van der Waals surface area contributed by atoms with Crippen LogP contribution in [0.3, 0.4) is 0 Å². The van der Waals surface area contributed by atoms with Gasteiger partial charge in [0.25, 0.3) is 0 Å². The molecular weight excluding hydrogens is 264 g/mol. The summed E-state index contributed by atoms with van der Waals surface area (Å²) in [5.41, 5.74) is 1.59. The van der Waals surface area contributed by atoms with Gasteiger partial charge in [-0.15, -0.1) is 0 Å². The molecule has 3 nitrogen and oxygen atoms in total. The number of ether oxygens (including phenoxy) is 2. The minimum absolute atomic E-state index is 0.334. The lowest BCUT2D eigenvalue weighted by Gasteiger charge is -2.35. The maximum atomic E-state index is 10.3. The zero-order valence-corrected chi connectivity index (χ0v) is 12.4. The first-order valence-corrected chi connectivity index (χ1v) is 7.21. The number of benzene rings is 2. The van der Waals surface area contributed by atoms with Crippen LogP contribution in [0.25, 0.3) is 0 Å². The molecule has 21 heavy (non-hydrogen) atoms. The molecule has 0 fully saturated rings. The second kappa shape index (κ2) is 5.41. The number of fused-ring (bicyclic) bond motifs is 1. The van der Waals surface area contributed by atoms with Gasteiger partial charge in [-0.3, -0.25) is 0 Å². The third kappa shape index (κ3) is 3.19. The molecule has 3 heteroatoms.